The average molecular weight is 432 g/mol. The van der Waals surface area contributed by atoms with Crippen molar-refractivity contribution in [2.75, 3.05) is 40.3 Å². The number of hydrogen-bond donors (Lipinski definition) is 2. The van der Waals surface area contributed by atoms with Crippen molar-refractivity contribution < 1.29 is 4.74 Å². The molecule has 5 nitrogen and oxygen atoms in total. The second kappa shape index (κ2) is 10.7. The Balaban J connectivity index is 0.00000264. The van der Waals surface area contributed by atoms with Crippen molar-refractivity contribution in [2.24, 2.45) is 10.9 Å². The number of rotatable bonds is 6. The zero-order valence-electron chi connectivity index (χ0n) is 14.3. The fourth-order valence-electron chi connectivity index (χ4n) is 2.86. The molecule has 1 aromatic rings. The van der Waals surface area contributed by atoms with Crippen LogP contribution in [0.4, 0.5) is 0 Å². The summed E-state index contributed by atoms with van der Waals surface area (Å²) in [6.07, 6.45) is 1.27. The van der Waals surface area contributed by atoms with Crippen molar-refractivity contribution in [3.8, 4) is 5.75 Å². The molecule has 2 rings (SSSR count). The summed E-state index contributed by atoms with van der Waals surface area (Å²) in [5, 5.41) is 6.79. The first-order chi connectivity index (χ1) is 10.8. The first kappa shape index (κ1) is 20.0. The summed E-state index contributed by atoms with van der Waals surface area (Å²) in [6.45, 7) is 7.46. The number of benzene rings is 1. The van der Waals surface area contributed by atoms with E-state index < -0.39 is 0 Å². The first-order valence-electron chi connectivity index (χ1n) is 8.05. The van der Waals surface area contributed by atoms with Gasteiger partial charge in [0.25, 0.3) is 0 Å². The molecule has 1 unspecified atom stereocenters. The number of nitrogens with zero attached hydrogens (tertiary/aromatic N) is 2. The minimum absolute atomic E-state index is 0. The van der Waals surface area contributed by atoms with Gasteiger partial charge in [0.15, 0.2) is 5.96 Å². The molecule has 1 heterocycles. The summed E-state index contributed by atoms with van der Waals surface area (Å²) >= 11 is 0. The second-order valence-electron chi connectivity index (χ2n) is 5.67. The molecule has 1 fully saturated rings. The molecule has 0 aromatic heterocycles. The summed E-state index contributed by atoms with van der Waals surface area (Å²) in [5.74, 6) is 2.46. The van der Waals surface area contributed by atoms with Gasteiger partial charge in [-0.2, -0.15) is 0 Å². The number of para-hydroxylation sites is 1. The SMILES string of the molecule is CCN1CCC(CNC(=NC)NCc2ccccc2OC)C1.I. The molecule has 23 heavy (non-hydrogen) atoms. The lowest BCUT2D eigenvalue weighted by atomic mass is 10.1. The minimum atomic E-state index is 0. The molecular formula is C17H29IN4O. The van der Waals surface area contributed by atoms with E-state index in [4.69, 9.17) is 4.74 Å². The van der Waals surface area contributed by atoms with Crippen LogP contribution in [0.2, 0.25) is 0 Å². The van der Waals surface area contributed by atoms with Gasteiger partial charge >= 0.3 is 0 Å². The van der Waals surface area contributed by atoms with Crippen molar-refractivity contribution in [1.82, 2.24) is 15.5 Å². The number of halogens is 1. The zero-order valence-corrected chi connectivity index (χ0v) is 16.7. The van der Waals surface area contributed by atoms with Gasteiger partial charge in [-0.15, -0.1) is 24.0 Å². The zero-order chi connectivity index (χ0) is 15.8. The summed E-state index contributed by atoms with van der Waals surface area (Å²) in [7, 11) is 3.51. The van der Waals surface area contributed by atoms with E-state index in [1.807, 2.05) is 25.2 Å². The van der Waals surface area contributed by atoms with Crippen LogP contribution >= 0.6 is 24.0 Å². The molecule has 0 aliphatic carbocycles. The number of guanidine groups is 1. The van der Waals surface area contributed by atoms with Crippen LogP contribution < -0.4 is 15.4 Å². The number of ether oxygens (including phenoxy) is 1. The van der Waals surface area contributed by atoms with Gasteiger partial charge in [0.1, 0.15) is 5.75 Å². The maximum atomic E-state index is 5.37. The van der Waals surface area contributed by atoms with E-state index in [9.17, 15) is 0 Å². The normalized spacial score (nSPS) is 18.4. The Morgan fingerprint density at radius 3 is 2.78 bits per heavy atom. The van der Waals surface area contributed by atoms with Crippen LogP contribution in [-0.2, 0) is 6.54 Å². The summed E-state index contributed by atoms with van der Waals surface area (Å²) in [4.78, 5) is 6.80. The standard InChI is InChI=1S/C17H28N4O.HI/c1-4-21-10-9-14(13-21)11-19-17(18-2)20-12-15-7-5-6-8-16(15)22-3;/h5-8,14H,4,9-13H2,1-3H3,(H2,18,19,20);1H. The van der Waals surface area contributed by atoms with Gasteiger partial charge in [0, 0.05) is 32.2 Å². The molecule has 130 valence electrons. The van der Waals surface area contributed by atoms with Crippen LogP contribution in [0.25, 0.3) is 0 Å². The highest BCUT2D eigenvalue weighted by Crippen LogP contribution is 2.17. The smallest absolute Gasteiger partial charge is 0.191 e. The largest absolute Gasteiger partial charge is 0.496 e. The van der Waals surface area contributed by atoms with Gasteiger partial charge in [0.2, 0.25) is 0 Å². The molecule has 1 aromatic carbocycles. The number of likely N-dealkylation sites (tertiary alicyclic amines) is 1. The van der Waals surface area contributed by atoms with Crippen LogP contribution in [0, 0.1) is 5.92 Å². The Morgan fingerprint density at radius 1 is 1.35 bits per heavy atom. The van der Waals surface area contributed by atoms with Crippen LogP contribution in [0.5, 0.6) is 5.75 Å². The molecule has 2 N–H and O–H groups in total. The van der Waals surface area contributed by atoms with Crippen molar-refractivity contribution in [1.29, 1.82) is 0 Å². The Morgan fingerprint density at radius 2 is 2.13 bits per heavy atom. The van der Waals surface area contributed by atoms with E-state index in [0.29, 0.717) is 12.5 Å². The van der Waals surface area contributed by atoms with Gasteiger partial charge in [0.05, 0.1) is 7.11 Å². The third kappa shape index (κ3) is 6.18. The molecule has 0 bridgehead atoms. The summed E-state index contributed by atoms with van der Waals surface area (Å²) < 4.78 is 5.37. The fraction of sp³-hybridized carbons (Fsp3) is 0.588. The third-order valence-electron chi connectivity index (χ3n) is 4.24. The highest BCUT2D eigenvalue weighted by molar-refractivity contribution is 14.0. The van der Waals surface area contributed by atoms with Gasteiger partial charge < -0.3 is 20.3 Å². The van der Waals surface area contributed by atoms with Gasteiger partial charge in [-0.1, -0.05) is 25.1 Å². The van der Waals surface area contributed by atoms with Crippen molar-refractivity contribution in [2.45, 2.75) is 19.9 Å². The maximum Gasteiger partial charge on any atom is 0.191 e. The van der Waals surface area contributed by atoms with Crippen LogP contribution in [0.3, 0.4) is 0 Å². The van der Waals surface area contributed by atoms with Crippen molar-refractivity contribution >= 4 is 29.9 Å². The number of nitrogens with one attached hydrogen (secondary N) is 2. The molecular weight excluding hydrogens is 403 g/mol. The van der Waals surface area contributed by atoms with E-state index in [-0.39, 0.29) is 24.0 Å². The van der Waals surface area contributed by atoms with E-state index in [0.717, 1.165) is 30.4 Å². The molecule has 1 aliphatic rings. The van der Waals surface area contributed by atoms with Crippen LogP contribution in [0.1, 0.15) is 18.9 Å². The molecule has 0 amide bonds. The molecule has 6 heteroatoms. The average Bonchev–Trinajstić information content (AvgIpc) is 3.03. The molecule has 0 saturated carbocycles. The first-order valence-corrected chi connectivity index (χ1v) is 8.05. The van der Waals surface area contributed by atoms with Crippen LogP contribution in [-0.4, -0.2) is 51.2 Å². The Kier molecular flexibility index (Phi) is 9.31. The van der Waals surface area contributed by atoms with E-state index in [1.54, 1.807) is 7.11 Å². The number of aliphatic imine (C=N–C) groups is 1. The quantitative estimate of drug-likeness (QED) is 0.412. The molecule has 1 atom stereocenters. The number of methoxy groups -OCH3 is 1. The van der Waals surface area contributed by atoms with Crippen molar-refractivity contribution in [3.05, 3.63) is 29.8 Å². The topological polar surface area (TPSA) is 48.9 Å². The van der Waals surface area contributed by atoms with Gasteiger partial charge in [-0.25, -0.2) is 0 Å². The third-order valence-corrected chi connectivity index (χ3v) is 4.24. The van der Waals surface area contributed by atoms with E-state index in [1.165, 1.54) is 19.5 Å². The molecule has 0 spiro atoms. The lowest BCUT2D eigenvalue weighted by Gasteiger charge is -2.17. The van der Waals surface area contributed by atoms with Crippen molar-refractivity contribution in [3.63, 3.8) is 0 Å². The lowest BCUT2D eigenvalue weighted by Crippen LogP contribution is -2.40. The molecule has 1 saturated heterocycles. The Labute approximate surface area is 156 Å². The lowest BCUT2D eigenvalue weighted by molar-refractivity contribution is 0.342. The summed E-state index contributed by atoms with van der Waals surface area (Å²) in [5.41, 5.74) is 1.13. The maximum absolute atomic E-state index is 5.37. The van der Waals surface area contributed by atoms with Gasteiger partial charge in [-0.05, 0) is 31.5 Å². The summed E-state index contributed by atoms with van der Waals surface area (Å²) in [6, 6.07) is 8.04. The molecule has 1 aliphatic heterocycles. The Hall–Kier alpha value is -1.02. The second-order valence-corrected chi connectivity index (χ2v) is 5.67. The minimum Gasteiger partial charge on any atom is -0.496 e. The van der Waals surface area contributed by atoms with E-state index in [2.05, 4.69) is 33.5 Å². The Bertz CT molecular complexity index is 495. The molecule has 0 radical (unpaired) electrons. The highest BCUT2D eigenvalue weighted by Gasteiger charge is 2.20. The van der Waals surface area contributed by atoms with E-state index >= 15 is 0 Å². The number of hydrogen-bond acceptors (Lipinski definition) is 3. The fourth-order valence-corrected chi connectivity index (χ4v) is 2.86. The van der Waals surface area contributed by atoms with Crippen LogP contribution in [0.15, 0.2) is 29.3 Å². The van der Waals surface area contributed by atoms with Gasteiger partial charge in [-0.3, -0.25) is 4.99 Å². The monoisotopic (exact) mass is 432 g/mol. The predicted octanol–water partition coefficient (Wildman–Crippen LogP) is 2.32. The highest BCUT2D eigenvalue weighted by atomic mass is 127. The predicted molar refractivity (Wildman–Crippen MR) is 107 cm³/mol.